The molecule has 6 heteroatoms. The van der Waals surface area contributed by atoms with Crippen molar-refractivity contribution in [2.24, 2.45) is 0 Å². The van der Waals surface area contributed by atoms with Crippen molar-refractivity contribution >= 4 is 11.6 Å². The summed E-state index contributed by atoms with van der Waals surface area (Å²) in [5, 5.41) is -0.0110. The van der Waals surface area contributed by atoms with Gasteiger partial charge in [0.2, 0.25) is 0 Å². The number of hydrogen-bond donors (Lipinski definition) is 0. The van der Waals surface area contributed by atoms with Crippen LogP contribution in [0.4, 0.5) is 17.6 Å². The molecule has 0 unspecified atom stereocenters. The van der Waals surface area contributed by atoms with Crippen LogP contribution in [-0.2, 0) is 0 Å². The number of alkyl halides is 3. The van der Waals surface area contributed by atoms with Crippen LogP contribution in [0.3, 0.4) is 0 Å². The van der Waals surface area contributed by atoms with Crippen molar-refractivity contribution in [3.05, 3.63) is 28.5 Å². The Labute approximate surface area is 82.2 Å². The van der Waals surface area contributed by atoms with E-state index < -0.39 is 17.9 Å². The fourth-order valence-corrected chi connectivity index (χ4v) is 1.16. The van der Waals surface area contributed by atoms with Gasteiger partial charge in [0.15, 0.2) is 11.6 Å². The van der Waals surface area contributed by atoms with E-state index in [1.54, 1.807) is 0 Å². The first-order chi connectivity index (χ1) is 6.29. The second-order valence-electron chi connectivity index (χ2n) is 2.58. The summed E-state index contributed by atoms with van der Waals surface area (Å²) in [5.41, 5.74) is -0.00301. The van der Waals surface area contributed by atoms with Gasteiger partial charge in [-0.15, -0.1) is 13.2 Å². The van der Waals surface area contributed by atoms with Gasteiger partial charge < -0.3 is 4.74 Å². The number of benzene rings is 1. The molecule has 0 bridgehead atoms. The minimum Gasteiger partial charge on any atom is -0.403 e. The molecule has 78 valence electrons. The molecule has 0 saturated heterocycles. The molecule has 1 aromatic carbocycles. The van der Waals surface area contributed by atoms with Crippen LogP contribution < -0.4 is 4.74 Å². The lowest BCUT2D eigenvalue weighted by atomic mass is 10.2. The Morgan fingerprint density at radius 1 is 1.29 bits per heavy atom. The lowest BCUT2D eigenvalue weighted by Crippen LogP contribution is -2.18. The van der Waals surface area contributed by atoms with E-state index in [4.69, 9.17) is 11.6 Å². The summed E-state index contributed by atoms with van der Waals surface area (Å²) in [6.45, 7) is 1.30. The third-order valence-electron chi connectivity index (χ3n) is 1.41. The Morgan fingerprint density at radius 2 is 1.86 bits per heavy atom. The van der Waals surface area contributed by atoms with Crippen molar-refractivity contribution in [3.8, 4) is 5.75 Å². The topological polar surface area (TPSA) is 9.23 Å². The third-order valence-corrected chi connectivity index (χ3v) is 1.63. The van der Waals surface area contributed by atoms with Crippen molar-refractivity contribution < 1.29 is 22.3 Å². The third kappa shape index (κ3) is 2.77. The Bertz CT molecular complexity index is 348. The summed E-state index contributed by atoms with van der Waals surface area (Å²) in [6, 6.07) is 1.98. The molecule has 14 heavy (non-hydrogen) atoms. The molecule has 1 nitrogen and oxygen atoms in total. The van der Waals surface area contributed by atoms with Gasteiger partial charge >= 0.3 is 6.36 Å². The molecular formula is C8H5ClF4O. The molecule has 0 N–H and O–H groups in total. The van der Waals surface area contributed by atoms with E-state index in [1.807, 2.05) is 0 Å². The molecule has 0 aliphatic rings. The molecule has 0 aliphatic heterocycles. The first kappa shape index (κ1) is 11.1. The summed E-state index contributed by atoms with van der Waals surface area (Å²) in [4.78, 5) is 0. The van der Waals surface area contributed by atoms with Gasteiger partial charge in [0.25, 0.3) is 0 Å². The van der Waals surface area contributed by atoms with Crippen LogP contribution in [0.25, 0.3) is 0 Å². The fraction of sp³-hybridized carbons (Fsp3) is 0.250. The van der Waals surface area contributed by atoms with E-state index in [0.29, 0.717) is 0 Å². The molecule has 0 atom stereocenters. The summed E-state index contributed by atoms with van der Waals surface area (Å²) < 4.78 is 51.7. The van der Waals surface area contributed by atoms with Crippen LogP contribution in [0.1, 0.15) is 5.56 Å². The highest BCUT2D eigenvalue weighted by Crippen LogP contribution is 2.30. The Kier molecular flexibility index (Phi) is 2.89. The maximum absolute atomic E-state index is 13.0. The molecule has 0 fully saturated rings. The van der Waals surface area contributed by atoms with Crippen LogP contribution in [-0.4, -0.2) is 6.36 Å². The maximum Gasteiger partial charge on any atom is 0.573 e. The minimum absolute atomic E-state index is 0.00301. The highest BCUT2D eigenvalue weighted by Gasteiger charge is 2.32. The van der Waals surface area contributed by atoms with Crippen molar-refractivity contribution in [3.63, 3.8) is 0 Å². The van der Waals surface area contributed by atoms with E-state index in [0.717, 1.165) is 6.07 Å². The number of ether oxygens (including phenoxy) is 1. The zero-order valence-electron chi connectivity index (χ0n) is 6.95. The second kappa shape index (κ2) is 3.65. The quantitative estimate of drug-likeness (QED) is 0.666. The van der Waals surface area contributed by atoms with Crippen LogP contribution >= 0.6 is 11.6 Å². The summed E-state index contributed by atoms with van der Waals surface area (Å²) in [5.74, 6) is -1.98. The first-order valence-corrected chi connectivity index (χ1v) is 3.89. The summed E-state index contributed by atoms with van der Waals surface area (Å²) in [6.07, 6.45) is -4.92. The maximum atomic E-state index is 13.0. The average Bonchev–Trinajstić information content (AvgIpc) is 1.96. The van der Waals surface area contributed by atoms with E-state index >= 15 is 0 Å². The van der Waals surface area contributed by atoms with E-state index in [1.165, 1.54) is 13.0 Å². The first-order valence-electron chi connectivity index (χ1n) is 3.51. The predicted molar refractivity (Wildman–Crippen MR) is 42.8 cm³/mol. The fourth-order valence-electron chi connectivity index (χ4n) is 0.894. The minimum atomic E-state index is -4.92. The average molecular weight is 229 g/mol. The van der Waals surface area contributed by atoms with E-state index in [-0.39, 0.29) is 10.6 Å². The van der Waals surface area contributed by atoms with Gasteiger partial charge in [-0.3, -0.25) is 0 Å². The Hall–Kier alpha value is -0.970. The SMILES string of the molecule is Cc1cc(Cl)cc(OC(F)(F)F)c1F. The molecule has 0 amide bonds. The molecule has 0 aromatic heterocycles. The smallest absolute Gasteiger partial charge is 0.403 e. The molecule has 0 radical (unpaired) electrons. The van der Waals surface area contributed by atoms with Crippen molar-refractivity contribution in [2.45, 2.75) is 13.3 Å². The number of aryl methyl sites for hydroxylation is 1. The largest absolute Gasteiger partial charge is 0.573 e. The van der Waals surface area contributed by atoms with Gasteiger partial charge in [-0.25, -0.2) is 4.39 Å². The molecular weight excluding hydrogens is 224 g/mol. The van der Waals surface area contributed by atoms with Crippen LogP contribution in [0.15, 0.2) is 12.1 Å². The lowest BCUT2D eigenvalue weighted by Gasteiger charge is -2.10. The van der Waals surface area contributed by atoms with Gasteiger partial charge in [-0.05, 0) is 18.6 Å². The molecule has 0 saturated carbocycles. The van der Waals surface area contributed by atoms with Gasteiger partial charge in [0, 0.05) is 11.1 Å². The molecule has 0 spiro atoms. The van der Waals surface area contributed by atoms with Gasteiger partial charge in [-0.2, -0.15) is 0 Å². The standard InChI is InChI=1S/C8H5ClF4O/c1-4-2-5(9)3-6(7(4)10)14-8(11,12)13/h2-3H,1H3. The second-order valence-corrected chi connectivity index (χ2v) is 3.02. The van der Waals surface area contributed by atoms with Crippen molar-refractivity contribution in [2.75, 3.05) is 0 Å². The number of rotatable bonds is 1. The predicted octanol–water partition coefficient (Wildman–Crippen LogP) is 3.69. The molecule has 0 heterocycles. The van der Waals surface area contributed by atoms with Crippen LogP contribution in [0, 0.1) is 12.7 Å². The number of halogens is 5. The monoisotopic (exact) mass is 228 g/mol. The van der Waals surface area contributed by atoms with Gasteiger partial charge in [-0.1, -0.05) is 11.6 Å². The summed E-state index contributed by atoms with van der Waals surface area (Å²) in [7, 11) is 0. The van der Waals surface area contributed by atoms with Crippen molar-refractivity contribution in [1.29, 1.82) is 0 Å². The van der Waals surface area contributed by atoms with Crippen LogP contribution in [0.2, 0.25) is 5.02 Å². The molecule has 0 aliphatic carbocycles. The van der Waals surface area contributed by atoms with Crippen molar-refractivity contribution in [1.82, 2.24) is 0 Å². The molecule has 1 aromatic rings. The normalized spacial score (nSPS) is 11.6. The summed E-state index contributed by atoms with van der Waals surface area (Å²) >= 11 is 5.44. The van der Waals surface area contributed by atoms with Gasteiger partial charge in [0.05, 0.1) is 0 Å². The Morgan fingerprint density at radius 3 is 2.36 bits per heavy atom. The zero-order chi connectivity index (χ0) is 10.9. The molecule has 1 rings (SSSR count). The highest BCUT2D eigenvalue weighted by atomic mass is 35.5. The lowest BCUT2D eigenvalue weighted by molar-refractivity contribution is -0.275. The zero-order valence-corrected chi connectivity index (χ0v) is 7.71. The highest BCUT2D eigenvalue weighted by molar-refractivity contribution is 6.30. The van der Waals surface area contributed by atoms with E-state index in [9.17, 15) is 17.6 Å². The Balaban J connectivity index is 3.09. The number of hydrogen-bond acceptors (Lipinski definition) is 1. The van der Waals surface area contributed by atoms with Gasteiger partial charge in [0.1, 0.15) is 0 Å². The van der Waals surface area contributed by atoms with E-state index in [2.05, 4.69) is 4.74 Å². The van der Waals surface area contributed by atoms with Crippen LogP contribution in [0.5, 0.6) is 5.75 Å².